The van der Waals surface area contributed by atoms with Crippen LogP contribution in [0.2, 0.25) is 10.0 Å². The van der Waals surface area contributed by atoms with Gasteiger partial charge in [0.25, 0.3) is 5.91 Å². The molecule has 0 bridgehead atoms. The van der Waals surface area contributed by atoms with Crippen molar-refractivity contribution in [2.75, 3.05) is 32.1 Å². The maximum atomic E-state index is 13.5. The van der Waals surface area contributed by atoms with E-state index in [-0.39, 0.29) is 60.3 Å². The van der Waals surface area contributed by atoms with Crippen LogP contribution >= 0.6 is 23.2 Å². The van der Waals surface area contributed by atoms with Crippen molar-refractivity contribution in [1.29, 1.82) is 0 Å². The van der Waals surface area contributed by atoms with E-state index in [4.69, 9.17) is 37.8 Å². The number of methoxy groups -OCH3 is 1. The van der Waals surface area contributed by atoms with Gasteiger partial charge in [0, 0.05) is 48.9 Å². The van der Waals surface area contributed by atoms with Crippen molar-refractivity contribution in [3.63, 3.8) is 0 Å². The van der Waals surface area contributed by atoms with Crippen LogP contribution in [0.4, 0.5) is 5.82 Å². The molecule has 2 aliphatic rings. The molecular formula is C41H43Cl2N5O7. The summed E-state index contributed by atoms with van der Waals surface area (Å²) in [4.78, 5) is 35.5. The second-order valence-corrected chi connectivity index (χ2v) is 14.7. The summed E-state index contributed by atoms with van der Waals surface area (Å²) in [7, 11) is 1.48. The Bertz CT molecular complexity index is 2090. The van der Waals surface area contributed by atoms with Gasteiger partial charge in [-0.15, -0.1) is 0 Å². The number of benzene rings is 2. The summed E-state index contributed by atoms with van der Waals surface area (Å²) in [6.45, 7) is 3.62. The highest BCUT2D eigenvalue weighted by molar-refractivity contribution is 6.37. The van der Waals surface area contributed by atoms with Gasteiger partial charge in [-0.3, -0.25) is 9.59 Å². The number of amides is 1. The van der Waals surface area contributed by atoms with E-state index in [0.717, 1.165) is 22.3 Å². The molecule has 1 aliphatic carbocycles. The molecule has 5 N–H and O–H groups in total. The number of nitrogens with zero attached hydrogens (tertiary/aromatic N) is 3. The largest absolute Gasteiger partial charge is 0.481 e. The van der Waals surface area contributed by atoms with Gasteiger partial charge >= 0.3 is 5.97 Å². The Morgan fingerprint density at radius 1 is 1.09 bits per heavy atom. The number of anilines is 1. The summed E-state index contributed by atoms with van der Waals surface area (Å²) in [5, 5.41) is 35.0. The van der Waals surface area contributed by atoms with Crippen molar-refractivity contribution in [3.8, 4) is 22.9 Å². The first-order valence-electron chi connectivity index (χ1n) is 17.9. The van der Waals surface area contributed by atoms with Crippen molar-refractivity contribution in [2.45, 2.75) is 51.5 Å². The first-order valence-corrected chi connectivity index (χ1v) is 18.6. The van der Waals surface area contributed by atoms with E-state index >= 15 is 0 Å². The monoisotopic (exact) mass is 787 g/mol. The molecule has 6 rings (SSSR count). The Balaban J connectivity index is 1.13. The van der Waals surface area contributed by atoms with Gasteiger partial charge in [-0.25, -0.2) is 4.98 Å². The Morgan fingerprint density at radius 2 is 1.89 bits per heavy atom. The zero-order valence-electron chi connectivity index (χ0n) is 30.5. The van der Waals surface area contributed by atoms with Crippen LogP contribution in [-0.2, 0) is 24.3 Å². The molecule has 1 aliphatic heterocycles. The smallest absolute Gasteiger partial charge is 0.306 e. The van der Waals surface area contributed by atoms with Crippen LogP contribution in [0.3, 0.4) is 0 Å². The third kappa shape index (κ3) is 9.64. The predicted octanol–water partition coefficient (Wildman–Crippen LogP) is 6.59. The topological polar surface area (TPSA) is 166 Å². The second kappa shape index (κ2) is 17.7. The number of allylic oxidation sites excluding steroid dienone is 2. The third-order valence-electron chi connectivity index (χ3n) is 9.57. The van der Waals surface area contributed by atoms with Crippen LogP contribution in [0.25, 0.3) is 11.1 Å². The normalized spacial score (nSPS) is 18.1. The maximum Gasteiger partial charge on any atom is 0.306 e. The van der Waals surface area contributed by atoms with E-state index in [1.807, 2.05) is 61.7 Å². The number of hydrogen-bond acceptors (Lipinski definition) is 10. The fraction of sp³-hybridized carbons (Fsp3) is 0.317. The zero-order chi connectivity index (χ0) is 39.1. The molecule has 14 heteroatoms. The van der Waals surface area contributed by atoms with Gasteiger partial charge < -0.3 is 40.3 Å². The summed E-state index contributed by atoms with van der Waals surface area (Å²) >= 11 is 13.6. The molecule has 2 unspecified atom stereocenters. The number of aliphatic hydroxyl groups is 2. The number of nitrogens with one attached hydrogen (secondary N) is 2. The van der Waals surface area contributed by atoms with Crippen LogP contribution in [0.15, 0.2) is 85.2 Å². The summed E-state index contributed by atoms with van der Waals surface area (Å²) in [6.07, 6.45) is 9.21. The highest BCUT2D eigenvalue weighted by atomic mass is 35.5. The molecule has 55 heavy (non-hydrogen) atoms. The summed E-state index contributed by atoms with van der Waals surface area (Å²) in [5.41, 5.74) is 5.15. The van der Waals surface area contributed by atoms with E-state index in [1.54, 1.807) is 30.5 Å². The number of halogens is 2. The number of carbonyl (C=O) groups is 2. The number of aliphatic carboxylic acids is 1. The molecule has 0 radical (unpaired) electrons. The standard InChI is InChI=1S/C41H43Cl2N5O7/c1-41(24-49)15-3-4-16-48(23-41)22-25-11-14-35(45-19-25)46-38(53)32-10-6-9-31(37(32)43)28-7-5-8-30-29(28)12-13-34(30)55-40-33(42)17-26(39(47-40)54-2)20-44-21-27(50)18-36(51)52/h3-11,14-17,19,27,34,44,49-50H,12-13,18,20-24H2,1-2H3,(H,51,52)(H,45,46,53)/t27?,34-,41?/m0/s1. The minimum absolute atomic E-state index is 0.0454. The molecule has 3 heterocycles. The number of fused-ring (bicyclic) bond motifs is 1. The van der Waals surface area contributed by atoms with Gasteiger partial charge in [-0.05, 0) is 65.6 Å². The number of aliphatic hydroxyl groups excluding tert-OH is 2. The molecule has 0 fully saturated rings. The summed E-state index contributed by atoms with van der Waals surface area (Å²) in [6, 6.07) is 16.6. The number of carboxylic acid groups (broad SMARTS) is 1. The molecule has 0 saturated heterocycles. The highest BCUT2D eigenvalue weighted by Crippen LogP contribution is 2.43. The van der Waals surface area contributed by atoms with Crippen LogP contribution in [0.1, 0.15) is 58.5 Å². The lowest BCUT2D eigenvalue weighted by Crippen LogP contribution is -2.33. The first-order chi connectivity index (χ1) is 26.5. The number of pyridine rings is 2. The first kappa shape index (κ1) is 39.7. The molecule has 2 aromatic heterocycles. The van der Waals surface area contributed by atoms with E-state index in [2.05, 4.69) is 25.5 Å². The molecule has 12 nitrogen and oxygen atoms in total. The van der Waals surface area contributed by atoms with Gasteiger partial charge in [0.2, 0.25) is 11.8 Å². The molecule has 0 spiro atoms. The summed E-state index contributed by atoms with van der Waals surface area (Å²) in [5.74, 6) is -0.583. The maximum absolute atomic E-state index is 13.5. The van der Waals surface area contributed by atoms with Crippen LogP contribution in [0.5, 0.6) is 11.8 Å². The highest BCUT2D eigenvalue weighted by Gasteiger charge is 2.29. The van der Waals surface area contributed by atoms with Gasteiger partial charge in [-0.1, -0.05) is 78.7 Å². The van der Waals surface area contributed by atoms with Crippen molar-refractivity contribution in [1.82, 2.24) is 20.2 Å². The van der Waals surface area contributed by atoms with E-state index in [1.165, 1.54) is 7.11 Å². The van der Waals surface area contributed by atoms with Crippen molar-refractivity contribution >= 4 is 40.9 Å². The lowest BCUT2D eigenvalue weighted by Gasteiger charge is -2.30. The van der Waals surface area contributed by atoms with E-state index in [9.17, 15) is 19.8 Å². The predicted molar refractivity (Wildman–Crippen MR) is 210 cm³/mol. The third-order valence-corrected chi connectivity index (χ3v) is 10.2. The minimum Gasteiger partial charge on any atom is -0.481 e. The number of aromatic nitrogens is 2. The SMILES string of the molecule is COc1nc(O[C@H]2CCc3c(-c4cccc(C(=O)Nc5ccc(CN6C=CC=CC(C)(CO)C6)cn5)c4Cl)cccc32)c(Cl)cc1CNCC(O)CC(=O)O. The Morgan fingerprint density at radius 3 is 2.64 bits per heavy atom. The fourth-order valence-electron chi connectivity index (χ4n) is 6.82. The lowest BCUT2D eigenvalue weighted by atomic mass is 9.91. The lowest BCUT2D eigenvalue weighted by molar-refractivity contribution is -0.139. The number of hydrogen-bond donors (Lipinski definition) is 5. The van der Waals surface area contributed by atoms with E-state index in [0.29, 0.717) is 53.5 Å². The molecule has 3 atom stereocenters. The summed E-state index contributed by atoms with van der Waals surface area (Å²) < 4.78 is 11.9. The van der Waals surface area contributed by atoms with Crippen molar-refractivity contribution < 1.29 is 34.4 Å². The van der Waals surface area contributed by atoms with Gasteiger partial charge in [0.05, 0.1) is 36.8 Å². The van der Waals surface area contributed by atoms with Gasteiger partial charge in [0.15, 0.2) is 0 Å². The number of rotatable bonds is 15. The van der Waals surface area contributed by atoms with Crippen LogP contribution in [-0.4, -0.2) is 75.0 Å². The number of carboxylic acids is 1. The Labute approximate surface area is 329 Å². The Kier molecular flexibility index (Phi) is 12.7. The average Bonchev–Trinajstić information content (AvgIpc) is 3.47. The Hall–Kier alpha value is -4.98. The molecule has 1 amide bonds. The fourth-order valence-corrected chi connectivity index (χ4v) is 7.35. The van der Waals surface area contributed by atoms with Crippen LogP contribution in [0, 0.1) is 5.41 Å². The minimum atomic E-state index is -1.08. The van der Waals surface area contributed by atoms with Gasteiger partial charge in [-0.2, -0.15) is 4.98 Å². The molecule has 4 aromatic rings. The zero-order valence-corrected chi connectivity index (χ0v) is 32.0. The molecule has 288 valence electrons. The number of carbonyl (C=O) groups excluding carboxylic acids is 1. The van der Waals surface area contributed by atoms with Gasteiger partial charge in [0.1, 0.15) is 16.9 Å². The number of ether oxygens (including phenoxy) is 2. The quantitative estimate of drug-likeness (QED) is 0.0883. The average molecular weight is 789 g/mol. The molecular weight excluding hydrogens is 745 g/mol. The van der Waals surface area contributed by atoms with Crippen molar-refractivity contribution in [2.24, 2.45) is 5.41 Å². The van der Waals surface area contributed by atoms with Crippen molar-refractivity contribution in [3.05, 3.63) is 123 Å². The second-order valence-electron chi connectivity index (χ2n) is 13.9. The molecule has 0 saturated carbocycles. The van der Waals surface area contributed by atoms with Crippen LogP contribution < -0.4 is 20.1 Å². The van der Waals surface area contributed by atoms with E-state index < -0.39 is 12.1 Å². The molecule has 2 aromatic carbocycles.